The molecular formula is C12H26N4O3S. The molecule has 0 radical (unpaired) electrons. The van der Waals surface area contributed by atoms with Crippen molar-refractivity contribution in [2.75, 3.05) is 40.3 Å². The Morgan fingerprint density at radius 1 is 1.25 bits per heavy atom. The molecule has 1 heterocycles. The van der Waals surface area contributed by atoms with Gasteiger partial charge in [0.15, 0.2) is 0 Å². The van der Waals surface area contributed by atoms with Gasteiger partial charge in [-0.1, -0.05) is 19.8 Å². The zero-order valence-corrected chi connectivity index (χ0v) is 13.4. The minimum atomic E-state index is -3.39. The first kappa shape index (κ1) is 17.4. The second-order valence-corrected chi connectivity index (χ2v) is 7.41. The molecule has 0 aromatic carbocycles. The normalized spacial score (nSPS) is 19.4. The molecular weight excluding hydrogens is 280 g/mol. The lowest BCUT2D eigenvalue weighted by atomic mass is 10.1. The maximum Gasteiger partial charge on any atom is 0.281 e. The van der Waals surface area contributed by atoms with Gasteiger partial charge in [-0.3, -0.25) is 4.79 Å². The van der Waals surface area contributed by atoms with Gasteiger partial charge in [0.05, 0.1) is 6.04 Å². The summed E-state index contributed by atoms with van der Waals surface area (Å²) >= 11 is 0. The molecule has 0 aromatic heterocycles. The van der Waals surface area contributed by atoms with Crippen LogP contribution in [-0.2, 0) is 15.0 Å². The van der Waals surface area contributed by atoms with Crippen molar-refractivity contribution in [1.82, 2.24) is 13.5 Å². The summed E-state index contributed by atoms with van der Waals surface area (Å²) in [5, 5.41) is 0. The Balaban J connectivity index is 2.52. The first-order chi connectivity index (χ1) is 9.30. The number of unbranched alkanes of at least 4 members (excludes halogenated alkanes) is 1. The number of amides is 1. The number of hydrogen-bond donors (Lipinski definition) is 1. The lowest BCUT2D eigenvalue weighted by Crippen LogP contribution is -2.55. The molecule has 118 valence electrons. The van der Waals surface area contributed by atoms with Crippen molar-refractivity contribution >= 4 is 16.1 Å². The average molecular weight is 306 g/mol. The highest BCUT2D eigenvalue weighted by Gasteiger charge is 2.31. The predicted octanol–water partition coefficient (Wildman–Crippen LogP) is -0.545. The quantitative estimate of drug-likeness (QED) is 0.713. The molecule has 1 aliphatic rings. The first-order valence-corrected chi connectivity index (χ1v) is 8.42. The summed E-state index contributed by atoms with van der Waals surface area (Å²) in [4.78, 5) is 13.8. The van der Waals surface area contributed by atoms with Crippen molar-refractivity contribution in [2.45, 2.75) is 32.2 Å². The fourth-order valence-electron chi connectivity index (χ4n) is 2.15. The van der Waals surface area contributed by atoms with Crippen LogP contribution < -0.4 is 5.73 Å². The standard InChI is InChI=1S/C12H26N4O3S/c1-4-5-6-11(13)12(17)15-7-9-16(10-8-15)20(18,19)14(2)3/h11H,4-10,13H2,1-3H3. The van der Waals surface area contributed by atoms with Gasteiger partial charge in [-0.2, -0.15) is 17.0 Å². The Kier molecular flexibility index (Phi) is 6.38. The molecule has 0 spiro atoms. The highest BCUT2D eigenvalue weighted by Crippen LogP contribution is 2.11. The van der Waals surface area contributed by atoms with E-state index in [2.05, 4.69) is 6.92 Å². The van der Waals surface area contributed by atoms with Crippen molar-refractivity contribution in [1.29, 1.82) is 0 Å². The smallest absolute Gasteiger partial charge is 0.281 e. The van der Waals surface area contributed by atoms with Crippen LogP contribution in [0.15, 0.2) is 0 Å². The Labute approximate surface area is 121 Å². The van der Waals surface area contributed by atoms with Gasteiger partial charge < -0.3 is 10.6 Å². The molecule has 0 aliphatic carbocycles. The van der Waals surface area contributed by atoms with Crippen LogP contribution in [-0.4, -0.2) is 74.2 Å². The van der Waals surface area contributed by atoms with Crippen molar-refractivity contribution in [2.24, 2.45) is 5.73 Å². The summed E-state index contributed by atoms with van der Waals surface area (Å²) in [6.07, 6.45) is 2.63. The Bertz CT molecular complexity index is 416. The number of piperazine rings is 1. The second kappa shape index (κ2) is 7.35. The van der Waals surface area contributed by atoms with Gasteiger partial charge in [0.25, 0.3) is 10.2 Å². The fourth-order valence-corrected chi connectivity index (χ4v) is 3.24. The molecule has 2 N–H and O–H groups in total. The van der Waals surface area contributed by atoms with Crippen LogP contribution >= 0.6 is 0 Å². The topological polar surface area (TPSA) is 87.0 Å². The fraction of sp³-hybridized carbons (Fsp3) is 0.917. The number of carbonyl (C=O) groups excluding carboxylic acids is 1. The van der Waals surface area contributed by atoms with Crippen LogP contribution in [0.2, 0.25) is 0 Å². The largest absolute Gasteiger partial charge is 0.339 e. The van der Waals surface area contributed by atoms with Crippen LogP contribution in [0, 0.1) is 0 Å². The molecule has 1 amide bonds. The number of hydrogen-bond acceptors (Lipinski definition) is 4. The molecule has 20 heavy (non-hydrogen) atoms. The van der Waals surface area contributed by atoms with Crippen molar-refractivity contribution in [3.63, 3.8) is 0 Å². The van der Waals surface area contributed by atoms with E-state index in [0.29, 0.717) is 32.6 Å². The summed E-state index contributed by atoms with van der Waals surface area (Å²) in [6, 6.07) is -0.466. The van der Waals surface area contributed by atoms with E-state index in [-0.39, 0.29) is 5.91 Å². The van der Waals surface area contributed by atoms with Gasteiger partial charge in [-0.05, 0) is 6.42 Å². The number of carbonyl (C=O) groups is 1. The minimum Gasteiger partial charge on any atom is -0.339 e. The van der Waals surface area contributed by atoms with E-state index in [9.17, 15) is 13.2 Å². The monoisotopic (exact) mass is 306 g/mol. The van der Waals surface area contributed by atoms with Gasteiger partial charge in [0.1, 0.15) is 0 Å². The number of rotatable bonds is 6. The van der Waals surface area contributed by atoms with E-state index in [1.807, 2.05) is 0 Å². The summed E-state index contributed by atoms with van der Waals surface area (Å²) in [7, 11) is -0.371. The minimum absolute atomic E-state index is 0.0691. The SMILES string of the molecule is CCCCC(N)C(=O)N1CCN(S(=O)(=O)N(C)C)CC1. The molecule has 1 fully saturated rings. The lowest BCUT2D eigenvalue weighted by molar-refractivity contribution is -0.134. The van der Waals surface area contributed by atoms with Crippen LogP contribution in [0.3, 0.4) is 0 Å². The maximum absolute atomic E-state index is 12.1. The highest BCUT2D eigenvalue weighted by atomic mass is 32.2. The van der Waals surface area contributed by atoms with Crippen LogP contribution in [0.1, 0.15) is 26.2 Å². The zero-order valence-electron chi connectivity index (χ0n) is 12.6. The third kappa shape index (κ3) is 4.15. The van der Waals surface area contributed by atoms with E-state index >= 15 is 0 Å². The lowest BCUT2D eigenvalue weighted by Gasteiger charge is -2.36. The average Bonchev–Trinajstić information content (AvgIpc) is 2.43. The van der Waals surface area contributed by atoms with Gasteiger partial charge in [0.2, 0.25) is 5.91 Å². The van der Waals surface area contributed by atoms with Gasteiger partial charge >= 0.3 is 0 Å². The molecule has 0 bridgehead atoms. The first-order valence-electron chi connectivity index (χ1n) is 7.02. The van der Waals surface area contributed by atoms with E-state index in [0.717, 1.165) is 12.8 Å². The van der Waals surface area contributed by atoms with Gasteiger partial charge in [-0.25, -0.2) is 0 Å². The number of nitrogens with zero attached hydrogens (tertiary/aromatic N) is 3. The van der Waals surface area contributed by atoms with E-state index in [4.69, 9.17) is 5.73 Å². The Morgan fingerprint density at radius 2 is 1.80 bits per heavy atom. The molecule has 1 rings (SSSR count). The molecule has 0 aromatic rings. The molecule has 1 saturated heterocycles. The Morgan fingerprint density at radius 3 is 2.25 bits per heavy atom. The van der Waals surface area contributed by atoms with Gasteiger partial charge in [-0.15, -0.1) is 0 Å². The molecule has 8 heteroatoms. The molecule has 7 nitrogen and oxygen atoms in total. The molecule has 1 atom stereocenters. The van der Waals surface area contributed by atoms with Crippen molar-refractivity contribution in [3.05, 3.63) is 0 Å². The van der Waals surface area contributed by atoms with E-state index in [1.165, 1.54) is 22.7 Å². The van der Waals surface area contributed by atoms with Gasteiger partial charge in [0, 0.05) is 40.3 Å². The summed E-state index contributed by atoms with van der Waals surface area (Å²) < 4.78 is 26.5. The molecule has 1 unspecified atom stereocenters. The summed E-state index contributed by atoms with van der Waals surface area (Å²) in [5.41, 5.74) is 5.87. The predicted molar refractivity (Wildman–Crippen MR) is 78.3 cm³/mol. The summed E-state index contributed by atoms with van der Waals surface area (Å²) in [5.74, 6) is -0.0691. The third-order valence-corrected chi connectivity index (χ3v) is 5.46. The molecule has 1 aliphatic heterocycles. The summed E-state index contributed by atoms with van der Waals surface area (Å²) in [6.45, 7) is 3.53. The van der Waals surface area contributed by atoms with Crippen LogP contribution in [0.4, 0.5) is 0 Å². The van der Waals surface area contributed by atoms with E-state index < -0.39 is 16.3 Å². The Hall–Kier alpha value is -0.700. The highest BCUT2D eigenvalue weighted by molar-refractivity contribution is 7.86. The third-order valence-electron chi connectivity index (χ3n) is 3.52. The second-order valence-electron chi connectivity index (χ2n) is 5.26. The maximum atomic E-state index is 12.1. The van der Waals surface area contributed by atoms with E-state index in [1.54, 1.807) is 4.90 Å². The van der Waals surface area contributed by atoms with Crippen molar-refractivity contribution in [3.8, 4) is 0 Å². The zero-order chi connectivity index (χ0) is 15.3. The molecule has 0 saturated carbocycles. The van der Waals surface area contributed by atoms with Crippen LogP contribution in [0.25, 0.3) is 0 Å². The van der Waals surface area contributed by atoms with Crippen molar-refractivity contribution < 1.29 is 13.2 Å². The number of nitrogens with two attached hydrogens (primary N) is 1. The van der Waals surface area contributed by atoms with Crippen LogP contribution in [0.5, 0.6) is 0 Å².